The summed E-state index contributed by atoms with van der Waals surface area (Å²) in [6.07, 6.45) is 1.54. The van der Waals surface area contributed by atoms with Crippen LogP contribution in [-0.2, 0) is 0 Å². The van der Waals surface area contributed by atoms with E-state index in [1.165, 1.54) is 11.1 Å². The zero-order chi connectivity index (χ0) is 10.8. The lowest BCUT2D eigenvalue weighted by Crippen LogP contribution is -2.18. The molecule has 1 aromatic carbocycles. The second-order valence-electron chi connectivity index (χ2n) is 3.01. The molecule has 0 aliphatic carbocycles. The van der Waals surface area contributed by atoms with Crippen molar-refractivity contribution in [3.8, 4) is 0 Å². The van der Waals surface area contributed by atoms with E-state index in [-0.39, 0.29) is 5.91 Å². The molecule has 2 aromatic rings. The predicted molar refractivity (Wildman–Crippen MR) is 55.6 cm³/mol. The summed E-state index contributed by atoms with van der Waals surface area (Å²) >= 11 is 0. The topological polar surface area (TPSA) is 56.2 Å². The van der Waals surface area contributed by atoms with Crippen molar-refractivity contribution in [1.29, 1.82) is 0 Å². The number of fused-ring (bicyclic) bond motifs is 1. The average Bonchev–Trinajstić information content (AvgIpc) is 2.70. The van der Waals surface area contributed by atoms with Gasteiger partial charge in [-0.15, -0.1) is 0 Å². The summed E-state index contributed by atoms with van der Waals surface area (Å²) in [6, 6.07) is 5.37. The maximum absolute atomic E-state index is 11.5. The highest BCUT2D eigenvalue weighted by Gasteiger charge is 2.12. The first-order valence-electron chi connectivity index (χ1n) is 4.50. The first-order valence-corrected chi connectivity index (χ1v) is 4.50. The van der Waals surface area contributed by atoms with Crippen molar-refractivity contribution in [3.63, 3.8) is 0 Å². The molecule has 5 heteroatoms. The molecule has 1 N–H and O–H groups in total. The number of nitrogens with zero attached hydrogens (tertiary/aromatic N) is 2. The minimum absolute atomic E-state index is 0.151. The summed E-state index contributed by atoms with van der Waals surface area (Å²) in [5.41, 5.74) is 1.96. The van der Waals surface area contributed by atoms with Crippen molar-refractivity contribution in [2.45, 2.75) is 0 Å². The third kappa shape index (κ3) is 1.41. The van der Waals surface area contributed by atoms with Gasteiger partial charge in [-0.05, 0) is 12.1 Å². The predicted octanol–water partition coefficient (Wildman–Crippen LogP) is 0.454. The molecule has 0 spiro atoms. The van der Waals surface area contributed by atoms with Gasteiger partial charge in [-0.25, -0.2) is 4.98 Å². The van der Waals surface area contributed by atoms with Crippen LogP contribution >= 0.6 is 0 Å². The zero-order valence-corrected chi connectivity index (χ0v) is 8.52. The number of amides is 1. The first kappa shape index (κ1) is 9.51. The molecule has 0 unspecified atom stereocenters. The third-order valence-corrected chi connectivity index (χ3v) is 2.21. The van der Waals surface area contributed by atoms with Gasteiger partial charge in [-0.3, -0.25) is 4.79 Å². The second-order valence-corrected chi connectivity index (χ2v) is 3.01. The molecule has 1 amide bonds. The fourth-order valence-electron chi connectivity index (χ4n) is 1.48. The number of carbonyl (C=O) groups is 1. The van der Waals surface area contributed by atoms with Crippen molar-refractivity contribution in [2.75, 3.05) is 14.2 Å². The molecule has 0 aliphatic heterocycles. The minimum atomic E-state index is -0.151. The largest absolute Gasteiger partial charge is 0.416 e. The van der Waals surface area contributed by atoms with E-state index in [9.17, 15) is 4.79 Å². The second kappa shape index (κ2) is 3.61. The number of hydrogen-bond acceptors (Lipinski definition) is 3. The zero-order valence-electron chi connectivity index (χ0n) is 8.52. The molecule has 15 heavy (non-hydrogen) atoms. The summed E-state index contributed by atoms with van der Waals surface area (Å²) < 4.78 is 1.52. The van der Waals surface area contributed by atoms with Gasteiger partial charge in [0.15, 0.2) is 0 Å². The van der Waals surface area contributed by atoms with Crippen molar-refractivity contribution >= 4 is 16.9 Å². The summed E-state index contributed by atoms with van der Waals surface area (Å²) in [5, 5.41) is 2.57. The molecule has 0 atom stereocenters. The molecular formula is C10H11N3O2. The van der Waals surface area contributed by atoms with Crippen LogP contribution in [0.4, 0.5) is 0 Å². The van der Waals surface area contributed by atoms with Gasteiger partial charge >= 0.3 is 0 Å². The molecule has 0 fully saturated rings. The Morgan fingerprint density at radius 3 is 3.00 bits per heavy atom. The Hall–Kier alpha value is -2.04. The van der Waals surface area contributed by atoms with E-state index in [1.807, 2.05) is 6.07 Å². The Labute approximate surface area is 86.6 Å². The Morgan fingerprint density at radius 2 is 2.33 bits per heavy atom. The fraction of sp³-hybridized carbons (Fsp3) is 0.200. The van der Waals surface area contributed by atoms with E-state index >= 15 is 0 Å². The Kier molecular flexibility index (Phi) is 2.29. The van der Waals surface area contributed by atoms with Crippen molar-refractivity contribution < 1.29 is 9.63 Å². The standard InChI is InChI=1S/C10H11N3O2/c1-11-10(14)7-4-3-5-8-9(7)12-6-13(8)15-2/h3-6H,1-2H3,(H,11,14). The van der Waals surface area contributed by atoms with Gasteiger partial charge in [-0.1, -0.05) is 6.07 Å². The normalized spacial score (nSPS) is 10.3. The van der Waals surface area contributed by atoms with E-state index in [4.69, 9.17) is 4.84 Å². The van der Waals surface area contributed by atoms with E-state index in [1.54, 1.807) is 26.3 Å². The molecule has 0 bridgehead atoms. The van der Waals surface area contributed by atoms with Gasteiger partial charge in [0.1, 0.15) is 24.5 Å². The number of rotatable bonds is 2. The quantitative estimate of drug-likeness (QED) is 0.774. The smallest absolute Gasteiger partial charge is 0.253 e. The summed E-state index contributed by atoms with van der Waals surface area (Å²) in [6.45, 7) is 0. The number of hydrogen-bond donors (Lipinski definition) is 1. The number of aromatic nitrogens is 2. The van der Waals surface area contributed by atoms with Gasteiger partial charge in [0.05, 0.1) is 5.56 Å². The Morgan fingerprint density at radius 1 is 1.53 bits per heavy atom. The lowest BCUT2D eigenvalue weighted by molar-refractivity contribution is 0.0964. The molecule has 0 radical (unpaired) electrons. The minimum Gasteiger partial charge on any atom is -0.416 e. The van der Waals surface area contributed by atoms with Crippen molar-refractivity contribution in [2.24, 2.45) is 0 Å². The molecule has 0 saturated heterocycles. The van der Waals surface area contributed by atoms with Crippen LogP contribution in [0.25, 0.3) is 11.0 Å². The molecule has 1 heterocycles. The van der Waals surface area contributed by atoms with E-state index in [0.29, 0.717) is 11.1 Å². The number of benzene rings is 1. The number of para-hydroxylation sites is 1. The maximum Gasteiger partial charge on any atom is 0.253 e. The van der Waals surface area contributed by atoms with Crippen LogP contribution in [0.3, 0.4) is 0 Å². The molecule has 78 valence electrons. The monoisotopic (exact) mass is 205 g/mol. The van der Waals surface area contributed by atoms with Crippen LogP contribution < -0.4 is 10.2 Å². The first-order chi connectivity index (χ1) is 7.27. The highest BCUT2D eigenvalue weighted by atomic mass is 16.6. The van der Waals surface area contributed by atoms with Gasteiger partial charge in [0.2, 0.25) is 0 Å². The summed E-state index contributed by atoms with van der Waals surface area (Å²) in [7, 11) is 3.14. The molecule has 1 aromatic heterocycles. The van der Waals surface area contributed by atoms with Crippen LogP contribution in [0, 0.1) is 0 Å². The summed E-state index contributed by atoms with van der Waals surface area (Å²) in [5.74, 6) is -0.151. The average molecular weight is 205 g/mol. The van der Waals surface area contributed by atoms with Crippen molar-refractivity contribution in [3.05, 3.63) is 30.1 Å². The SMILES string of the molecule is CNC(=O)c1cccc2c1ncn2OC. The van der Waals surface area contributed by atoms with Gasteiger partial charge in [0.25, 0.3) is 5.91 Å². The van der Waals surface area contributed by atoms with Crippen molar-refractivity contribution in [1.82, 2.24) is 15.0 Å². The van der Waals surface area contributed by atoms with E-state index in [2.05, 4.69) is 10.3 Å². The van der Waals surface area contributed by atoms with Gasteiger partial charge in [0, 0.05) is 7.05 Å². The third-order valence-electron chi connectivity index (χ3n) is 2.21. The molecule has 0 saturated carbocycles. The maximum atomic E-state index is 11.5. The molecule has 0 aliphatic rings. The van der Waals surface area contributed by atoms with Gasteiger partial charge in [-0.2, -0.15) is 4.73 Å². The van der Waals surface area contributed by atoms with Gasteiger partial charge < -0.3 is 10.2 Å². The highest BCUT2D eigenvalue weighted by molar-refractivity contribution is 6.04. The molecular weight excluding hydrogens is 194 g/mol. The fourth-order valence-corrected chi connectivity index (χ4v) is 1.48. The number of imidazole rings is 1. The lowest BCUT2D eigenvalue weighted by atomic mass is 10.2. The van der Waals surface area contributed by atoms with Crippen LogP contribution in [0.2, 0.25) is 0 Å². The molecule has 5 nitrogen and oxygen atoms in total. The number of nitrogens with one attached hydrogen (secondary N) is 1. The molecule has 2 rings (SSSR count). The van der Waals surface area contributed by atoms with Crippen LogP contribution in [0.15, 0.2) is 24.5 Å². The highest BCUT2D eigenvalue weighted by Crippen LogP contribution is 2.16. The Bertz CT molecular complexity index is 504. The van der Waals surface area contributed by atoms with E-state index in [0.717, 1.165) is 5.52 Å². The number of carbonyl (C=O) groups excluding carboxylic acids is 1. The lowest BCUT2D eigenvalue weighted by Gasteiger charge is -2.02. The van der Waals surface area contributed by atoms with Crippen LogP contribution in [0.1, 0.15) is 10.4 Å². The van der Waals surface area contributed by atoms with E-state index < -0.39 is 0 Å². The van der Waals surface area contributed by atoms with Crippen LogP contribution in [0.5, 0.6) is 0 Å². The Balaban J connectivity index is 2.67. The van der Waals surface area contributed by atoms with Crippen LogP contribution in [-0.4, -0.2) is 29.8 Å². The summed E-state index contributed by atoms with van der Waals surface area (Å²) in [4.78, 5) is 20.7.